The van der Waals surface area contributed by atoms with Crippen molar-refractivity contribution in [2.45, 2.75) is 57.1 Å². The Bertz CT molecular complexity index is 358. The lowest BCUT2D eigenvalue weighted by Gasteiger charge is -2.22. The molecule has 0 radical (unpaired) electrons. The van der Waals surface area contributed by atoms with Crippen molar-refractivity contribution in [3.63, 3.8) is 0 Å². The second kappa shape index (κ2) is 5.14. The molecule has 1 unspecified atom stereocenters. The largest absolute Gasteiger partial charge is 0.370 e. The first-order valence-corrected chi connectivity index (χ1v) is 6.36. The molecule has 0 aliphatic heterocycles. The van der Waals surface area contributed by atoms with Crippen LogP contribution in [0, 0.1) is 0 Å². The first kappa shape index (κ1) is 12.5. The van der Waals surface area contributed by atoms with Gasteiger partial charge in [-0.3, -0.25) is 0 Å². The Morgan fingerprint density at radius 2 is 2.18 bits per heavy atom. The number of rotatable bonds is 5. The average Bonchev–Trinajstić information content (AvgIpc) is 2.99. The number of nitrogens with zero attached hydrogens (tertiary/aromatic N) is 2. The zero-order valence-corrected chi connectivity index (χ0v) is 10.6. The van der Waals surface area contributed by atoms with Gasteiger partial charge in [0.25, 0.3) is 0 Å². The first-order valence-electron chi connectivity index (χ1n) is 6.36. The van der Waals surface area contributed by atoms with Crippen LogP contribution in [-0.4, -0.2) is 17.3 Å². The van der Waals surface area contributed by atoms with E-state index in [9.17, 15) is 0 Å². The molecule has 5 nitrogen and oxygen atoms in total. The summed E-state index contributed by atoms with van der Waals surface area (Å²) < 4.78 is 10.9. The summed E-state index contributed by atoms with van der Waals surface area (Å²) in [6.45, 7) is 2.09. The van der Waals surface area contributed by atoms with Gasteiger partial charge in [-0.1, -0.05) is 18.5 Å². The molecule has 0 saturated heterocycles. The molecule has 1 atom stereocenters. The van der Waals surface area contributed by atoms with Gasteiger partial charge in [-0.2, -0.15) is 4.98 Å². The maximum atomic E-state index is 5.97. The molecule has 17 heavy (non-hydrogen) atoms. The standard InChI is InChI=1S/C12H21N3O2/c1-3-6-9(13)10-14-11(15-17-10)12(16-2)7-4-5-8-12/h9H,3-8,13H2,1-2H3. The monoisotopic (exact) mass is 239 g/mol. The van der Waals surface area contributed by atoms with Crippen LogP contribution < -0.4 is 5.73 Å². The van der Waals surface area contributed by atoms with Crippen LogP contribution in [0.25, 0.3) is 0 Å². The first-order chi connectivity index (χ1) is 8.22. The zero-order chi connectivity index (χ0) is 12.3. The lowest BCUT2D eigenvalue weighted by Crippen LogP contribution is -2.26. The predicted molar refractivity (Wildman–Crippen MR) is 63.3 cm³/mol. The van der Waals surface area contributed by atoms with E-state index in [0.29, 0.717) is 11.7 Å². The van der Waals surface area contributed by atoms with Crippen LogP contribution in [0.15, 0.2) is 4.52 Å². The van der Waals surface area contributed by atoms with E-state index in [1.54, 1.807) is 7.11 Å². The number of ether oxygens (including phenoxy) is 1. The maximum absolute atomic E-state index is 5.97. The number of methoxy groups -OCH3 is 1. The molecule has 2 N–H and O–H groups in total. The number of hydrogen-bond acceptors (Lipinski definition) is 5. The molecule has 0 spiro atoms. The Morgan fingerprint density at radius 1 is 1.47 bits per heavy atom. The van der Waals surface area contributed by atoms with Crippen LogP contribution in [0.5, 0.6) is 0 Å². The topological polar surface area (TPSA) is 74.2 Å². The molecule has 1 aliphatic rings. The minimum absolute atomic E-state index is 0.156. The highest BCUT2D eigenvalue weighted by atomic mass is 16.5. The third kappa shape index (κ3) is 2.35. The smallest absolute Gasteiger partial charge is 0.243 e. The van der Waals surface area contributed by atoms with E-state index < -0.39 is 0 Å². The summed E-state index contributed by atoms with van der Waals surface area (Å²) in [7, 11) is 1.72. The van der Waals surface area contributed by atoms with Crippen LogP contribution in [-0.2, 0) is 10.3 Å². The quantitative estimate of drug-likeness (QED) is 0.853. The van der Waals surface area contributed by atoms with Crippen molar-refractivity contribution < 1.29 is 9.26 Å². The lowest BCUT2D eigenvalue weighted by atomic mass is 10.0. The Labute approximate surface area is 102 Å². The molecule has 0 amide bonds. The number of nitrogens with two attached hydrogens (primary N) is 1. The van der Waals surface area contributed by atoms with Crippen LogP contribution in [0.3, 0.4) is 0 Å². The summed E-state index contributed by atoms with van der Waals surface area (Å²) in [6.07, 6.45) is 6.10. The van der Waals surface area contributed by atoms with Gasteiger partial charge in [0, 0.05) is 7.11 Å². The van der Waals surface area contributed by atoms with E-state index in [0.717, 1.165) is 38.5 Å². The lowest BCUT2D eigenvalue weighted by molar-refractivity contribution is -0.0178. The molecule has 96 valence electrons. The molecular weight excluding hydrogens is 218 g/mol. The van der Waals surface area contributed by atoms with Gasteiger partial charge in [-0.25, -0.2) is 0 Å². The van der Waals surface area contributed by atoms with Gasteiger partial charge in [0.2, 0.25) is 11.7 Å². The van der Waals surface area contributed by atoms with E-state index in [-0.39, 0.29) is 11.6 Å². The van der Waals surface area contributed by atoms with Crippen LogP contribution in [0.2, 0.25) is 0 Å². The van der Waals surface area contributed by atoms with E-state index in [1.165, 1.54) is 0 Å². The van der Waals surface area contributed by atoms with Gasteiger partial charge >= 0.3 is 0 Å². The Hall–Kier alpha value is -0.940. The summed E-state index contributed by atoms with van der Waals surface area (Å²) in [4.78, 5) is 4.43. The Kier molecular flexibility index (Phi) is 3.79. The summed E-state index contributed by atoms with van der Waals surface area (Å²) in [5, 5.41) is 4.05. The third-order valence-electron chi connectivity index (χ3n) is 3.57. The fraction of sp³-hybridized carbons (Fsp3) is 0.833. The molecule has 2 rings (SSSR count). The van der Waals surface area contributed by atoms with Crippen LogP contribution in [0.1, 0.15) is 63.2 Å². The van der Waals surface area contributed by atoms with Crippen molar-refractivity contribution in [2.75, 3.05) is 7.11 Å². The summed E-state index contributed by atoms with van der Waals surface area (Å²) in [6, 6.07) is -0.156. The molecule has 5 heteroatoms. The molecule has 1 fully saturated rings. The molecule has 1 saturated carbocycles. The predicted octanol–water partition coefficient (Wildman–Crippen LogP) is 2.29. The number of hydrogen-bond donors (Lipinski definition) is 1. The summed E-state index contributed by atoms with van der Waals surface area (Å²) >= 11 is 0. The highest BCUT2D eigenvalue weighted by Crippen LogP contribution is 2.40. The third-order valence-corrected chi connectivity index (χ3v) is 3.57. The molecule has 1 aliphatic carbocycles. The maximum Gasteiger partial charge on any atom is 0.243 e. The van der Waals surface area contributed by atoms with Crippen molar-refractivity contribution in [1.82, 2.24) is 10.1 Å². The highest BCUT2D eigenvalue weighted by Gasteiger charge is 2.40. The second-order valence-corrected chi connectivity index (χ2v) is 4.76. The highest BCUT2D eigenvalue weighted by molar-refractivity contribution is 5.05. The SMILES string of the molecule is CCCC(N)c1nc(C2(OC)CCCC2)no1. The van der Waals surface area contributed by atoms with Gasteiger partial charge in [0.1, 0.15) is 5.60 Å². The normalized spacial score (nSPS) is 20.6. The van der Waals surface area contributed by atoms with Gasteiger partial charge < -0.3 is 15.0 Å². The fourth-order valence-electron chi connectivity index (χ4n) is 2.47. The van der Waals surface area contributed by atoms with Gasteiger partial charge in [0.15, 0.2) is 0 Å². The Balaban J connectivity index is 2.16. The van der Waals surface area contributed by atoms with Crippen molar-refractivity contribution in [3.8, 4) is 0 Å². The molecular formula is C12H21N3O2. The van der Waals surface area contributed by atoms with Gasteiger partial charge in [0.05, 0.1) is 6.04 Å². The summed E-state index contributed by atoms with van der Waals surface area (Å²) in [5.41, 5.74) is 5.63. The minimum atomic E-state index is -0.340. The average molecular weight is 239 g/mol. The summed E-state index contributed by atoms with van der Waals surface area (Å²) in [5.74, 6) is 1.20. The molecule has 1 heterocycles. The molecule has 0 aromatic carbocycles. The molecule has 1 aromatic rings. The van der Waals surface area contributed by atoms with E-state index in [4.69, 9.17) is 15.0 Å². The van der Waals surface area contributed by atoms with Crippen LogP contribution in [0.4, 0.5) is 0 Å². The second-order valence-electron chi connectivity index (χ2n) is 4.76. The minimum Gasteiger partial charge on any atom is -0.370 e. The van der Waals surface area contributed by atoms with E-state index in [1.807, 2.05) is 0 Å². The van der Waals surface area contributed by atoms with Crippen molar-refractivity contribution in [3.05, 3.63) is 11.7 Å². The van der Waals surface area contributed by atoms with E-state index in [2.05, 4.69) is 17.1 Å². The van der Waals surface area contributed by atoms with Crippen LogP contribution >= 0.6 is 0 Å². The van der Waals surface area contributed by atoms with Crippen molar-refractivity contribution in [2.24, 2.45) is 5.73 Å². The van der Waals surface area contributed by atoms with E-state index >= 15 is 0 Å². The van der Waals surface area contributed by atoms with Gasteiger partial charge in [-0.15, -0.1) is 0 Å². The number of aromatic nitrogens is 2. The fourth-order valence-corrected chi connectivity index (χ4v) is 2.47. The van der Waals surface area contributed by atoms with Gasteiger partial charge in [-0.05, 0) is 32.1 Å². The zero-order valence-electron chi connectivity index (χ0n) is 10.6. The van der Waals surface area contributed by atoms with Crippen molar-refractivity contribution >= 4 is 0 Å². The van der Waals surface area contributed by atoms with Crippen molar-refractivity contribution in [1.29, 1.82) is 0 Å². The Morgan fingerprint density at radius 3 is 2.76 bits per heavy atom. The molecule has 0 bridgehead atoms. The molecule has 1 aromatic heterocycles.